The number of thiophene rings is 1. The van der Waals surface area contributed by atoms with Crippen LogP contribution in [0.2, 0.25) is 0 Å². The smallest absolute Gasteiger partial charge is 0.135 e. The minimum absolute atomic E-state index is 0.119. The van der Waals surface area contributed by atoms with Gasteiger partial charge < -0.3 is 0 Å². The SMILES string of the molecule is CC(C)(C)c1ccc([Si](c2ccccc2)(c2ccccc2)c2cccc3c2sc2ccccc23)cc1. The van der Waals surface area contributed by atoms with Gasteiger partial charge in [0.2, 0.25) is 0 Å². The minimum Gasteiger partial charge on any atom is -0.135 e. The Hall–Kier alpha value is -3.46. The molecule has 0 nitrogen and oxygen atoms in total. The third kappa shape index (κ3) is 3.64. The topological polar surface area (TPSA) is 0 Å². The maximum atomic E-state index is 2.42. The van der Waals surface area contributed by atoms with Crippen LogP contribution in [0.1, 0.15) is 26.3 Å². The van der Waals surface area contributed by atoms with Crippen molar-refractivity contribution in [2.24, 2.45) is 0 Å². The van der Waals surface area contributed by atoms with Crippen LogP contribution < -0.4 is 20.7 Å². The molecule has 36 heavy (non-hydrogen) atoms. The first-order valence-electron chi connectivity index (χ1n) is 12.6. The Morgan fingerprint density at radius 3 is 1.64 bits per heavy atom. The van der Waals surface area contributed by atoms with Crippen molar-refractivity contribution in [3.63, 3.8) is 0 Å². The van der Waals surface area contributed by atoms with Crippen molar-refractivity contribution in [2.75, 3.05) is 0 Å². The van der Waals surface area contributed by atoms with E-state index in [0.29, 0.717) is 0 Å². The normalized spacial score (nSPS) is 12.3. The number of rotatable bonds is 4. The second-order valence-electron chi connectivity index (χ2n) is 10.6. The summed E-state index contributed by atoms with van der Waals surface area (Å²) in [5, 5.41) is 8.46. The zero-order valence-corrected chi connectivity index (χ0v) is 22.8. The largest absolute Gasteiger partial charge is 0.181 e. The summed E-state index contributed by atoms with van der Waals surface area (Å²) < 4.78 is 2.77. The second kappa shape index (κ2) is 8.88. The molecule has 0 spiro atoms. The molecule has 1 heterocycles. The van der Waals surface area contributed by atoms with E-state index in [2.05, 4.69) is 148 Å². The number of hydrogen-bond donors (Lipinski definition) is 0. The Morgan fingerprint density at radius 2 is 1.03 bits per heavy atom. The summed E-state index contributed by atoms with van der Waals surface area (Å²) in [5.74, 6) is 0. The van der Waals surface area contributed by atoms with E-state index < -0.39 is 8.07 Å². The van der Waals surface area contributed by atoms with E-state index in [-0.39, 0.29) is 5.41 Å². The van der Waals surface area contributed by atoms with E-state index in [1.807, 2.05) is 11.3 Å². The van der Waals surface area contributed by atoms with Gasteiger partial charge in [-0.1, -0.05) is 142 Å². The van der Waals surface area contributed by atoms with E-state index in [0.717, 1.165) is 0 Å². The van der Waals surface area contributed by atoms with Gasteiger partial charge in [0.1, 0.15) is 0 Å². The van der Waals surface area contributed by atoms with Crippen LogP contribution in [-0.2, 0) is 5.41 Å². The first-order valence-corrected chi connectivity index (χ1v) is 15.4. The highest BCUT2D eigenvalue weighted by molar-refractivity contribution is 7.30. The Bertz CT molecular complexity index is 1600. The molecule has 0 aliphatic carbocycles. The number of fused-ring (bicyclic) bond motifs is 3. The summed E-state index contributed by atoms with van der Waals surface area (Å²) in [6.07, 6.45) is 0. The van der Waals surface area contributed by atoms with Crippen LogP contribution in [-0.4, -0.2) is 8.07 Å². The average Bonchev–Trinajstić information content (AvgIpc) is 3.30. The molecule has 6 rings (SSSR count). The van der Waals surface area contributed by atoms with Crippen LogP contribution in [0.25, 0.3) is 20.2 Å². The van der Waals surface area contributed by atoms with Crippen LogP contribution in [0, 0.1) is 0 Å². The third-order valence-electron chi connectivity index (χ3n) is 7.41. The quantitative estimate of drug-likeness (QED) is 0.187. The van der Waals surface area contributed by atoms with Gasteiger partial charge in [-0.05, 0) is 37.8 Å². The highest BCUT2D eigenvalue weighted by Gasteiger charge is 2.43. The van der Waals surface area contributed by atoms with E-state index >= 15 is 0 Å². The number of benzene rings is 5. The van der Waals surface area contributed by atoms with Crippen molar-refractivity contribution in [3.05, 3.63) is 133 Å². The molecular formula is C34H30SSi. The van der Waals surface area contributed by atoms with E-state index in [1.165, 1.54) is 46.5 Å². The Balaban J connectivity index is 1.77. The molecule has 0 saturated carbocycles. The fraction of sp³-hybridized carbons (Fsp3) is 0.118. The Labute approximate surface area is 218 Å². The predicted molar refractivity (Wildman–Crippen MR) is 162 cm³/mol. The highest BCUT2D eigenvalue weighted by atomic mass is 32.1. The molecule has 6 aromatic rings. The van der Waals surface area contributed by atoms with Crippen molar-refractivity contribution in [1.82, 2.24) is 0 Å². The Morgan fingerprint density at radius 1 is 0.500 bits per heavy atom. The van der Waals surface area contributed by atoms with Gasteiger partial charge in [0.15, 0.2) is 8.07 Å². The molecule has 0 bridgehead atoms. The number of hydrogen-bond acceptors (Lipinski definition) is 1. The van der Waals surface area contributed by atoms with Crippen molar-refractivity contribution < 1.29 is 0 Å². The lowest BCUT2D eigenvalue weighted by molar-refractivity contribution is 0.590. The average molecular weight is 499 g/mol. The van der Waals surface area contributed by atoms with E-state index in [1.54, 1.807) is 0 Å². The van der Waals surface area contributed by atoms with Gasteiger partial charge in [-0.15, -0.1) is 11.3 Å². The molecule has 0 fully saturated rings. The van der Waals surface area contributed by atoms with E-state index in [4.69, 9.17) is 0 Å². The first kappa shape index (κ1) is 23.0. The zero-order chi connectivity index (χ0) is 24.8. The van der Waals surface area contributed by atoms with Gasteiger partial charge in [0.05, 0.1) is 0 Å². The predicted octanol–water partition coefficient (Wildman–Crippen LogP) is 6.73. The lowest BCUT2D eigenvalue weighted by Crippen LogP contribution is -2.74. The van der Waals surface area contributed by atoms with Crippen LogP contribution in [0.3, 0.4) is 0 Å². The molecule has 0 atom stereocenters. The maximum absolute atomic E-state index is 2.60. The fourth-order valence-corrected chi connectivity index (χ4v) is 12.1. The van der Waals surface area contributed by atoms with Gasteiger partial charge in [-0.2, -0.15) is 0 Å². The first-order chi connectivity index (χ1) is 17.5. The Kier molecular flexibility index (Phi) is 5.67. The second-order valence-corrected chi connectivity index (χ2v) is 15.4. The summed E-state index contributed by atoms with van der Waals surface area (Å²) in [7, 11) is -2.60. The lowest BCUT2D eigenvalue weighted by atomic mass is 9.87. The molecule has 2 heteroatoms. The van der Waals surface area contributed by atoms with Gasteiger partial charge >= 0.3 is 0 Å². The molecule has 176 valence electrons. The standard InChI is InChI=1S/C34H30SSi/c1-34(2,3)25-21-23-28(24-22-25)36(26-13-6-4-7-14-26,27-15-8-5-9-16-27)32-20-12-18-30-29-17-10-11-19-31(29)35-33(30)32/h4-24H,1-3H3. The minimum atomic E-state index is -2.60. The fourth-order valence-electron chi connectivity index (χ4n) is 5.61. The van der Waals surface area contributed by atoms with Crippen LogP contribution in [0.4, 0.5) is 0 Å². The maximum Gasteiger partial charge on any atom is 0.181 e. The zero-order valence-electron chi connectivity index (χ0n) is 21.0. The van der Waals surface area contributed by atoms with E-state index in [9.17, 15) is 0 Å². The molecule has 0 unspecified atom stereocenters. The van der Waals surface area contributed by atoms with Crippen molar-refractivity contribution in [3.8, 4) is 0 Å². The van der Waals surface area contributed by atoms with Crippen molar-refractivity contribution in [2.45, 2.75) is 26.2 Å². The van der Waals surface area contributed by atoms with Gasteiger partial charge in [-0.25, -0.2) is 0 Å². The molecule has 0 radical (unpaired) electrons. The summed E-state index contributed by atoms with van der Waals surface area (Å²) >= 11 is 1.94. The highest BCUT2D eigenvalue weighted by Crippen LogP contribution is 2.33. The molecule has 0 saturated heterocycles. The van der Waals surface area contributed by atoms with Gasteiger partial charge in [0.25, 0.3) is 0 Å². The summed E-state index contributed by atoms with van der Waals surface area (Å²) in [5.41, 5.74) is 1.49. The molecule has 0 amide bonds. The molecule has 0 aliphatic rings. The van der Waals surface area contributed by atoms with Crippen LogP contribution >= 0.6 is 11.3 Å². The molecule has 1 aromatic heterocycles. The summed E-state index contributed by atoms with van der Waals surface area (Å²) in [6.45, 7) is 6.87. The lowest BCUT2D eigenvalue weighted by Gasteiger charge is -2.35. The summed E-state index contributed by atoms with van der Waals surface area (Å²) in [6, 6.07) is 47.8. The van der Waals surface area contributed by atoms with Crippen LogP contribution in [0.5, 0.6) is 0 Å². The molecule has 5 aromatic carbocycles. The monoisotopic (exact) mass is 498 g/mol. The molecular weight excluding hydrogens is 469 g/mol. The molecule has 0 aliphatic heterocycles. The van der Waals surface area contributed by atoms with Crippen molar-refractivity contribution in [1.29, 1.82) is 0 Å². The summed E-state index contributed by atoms with van der Waals surface area (Å²) in [4.78, 5) is 0. The van der Waals surface area contributed by atoms with Crippen molar-refractivity contribution >= 4 is 60.3 Å². The van der Waals surface area contributed by atoms with Gasteiger partial charge in [-0.3, -0.25) is 0 Å². The van der Waals surface area contributed by atoms with Crippen LogP contribution in [0.15, 0.2) is 127 Å². The molecule has 0 N–H and O–H groups in total. The third-order valence-corrected chi connectivity index (χ3v) is 13.6. The van der Waals surface area contributed by atoms with Gasteiger partial charge in [0, 0.05) is 20.2 Å².